The lowest BCUT2D eigenvalue weighted by atomic mass is 9.94. The van der Waals surface area contributed by atoms with Gasteiger partial charge in [-0.05, 0) is 42.6 Å². The maximum Gasteiger partial charge on any atom is 0.0329 e. The number of allylic oxidation sites excluding steroid dienone is 1. The first-order chi connectivity index (χ1) is 9.22. The van der Waals surface area contributed by atoms with Crippen molar-refractivity contribution in [3.8, 4) is 0 Å². The Kier molecular flexibility index (Phi) is 4.75. The Hall–Kier alpha value is -1.60. The molecule has 0 aromatic heterocycles. The number of nitrogens with one attached hydrogen (secondary N) is 1. The molecule has 1 atom stereocenters. The number of hydrogen-bond acceptors (Lipinski definition) is 1. The van der Waals surface area contributed by atoms with Gasteiger partial charge in [0.2, 0.25) is 0 Å². The van der Waals surface area contributed by atoms with Gasteiger partial charge in [0.05, 0.1) is 0 Å². The van der Waals surface area contributed by atoms with Crippen molar-refractivity contribution >= 4 is 10.8 Å². The van der Waals surface area contributed by atoms with Crippen LogP contribution in [-0.4, -0.2) is 6.54 Å². The summed E-state index contributed by atoms with van der Waals surface area (Å²) < 4.78 is 0. The average Bonchev–Trinajstić information content (AvgIpc) is 2.43. The van der Waals surface area contributed by atoms with Crippen molar-refractivity contribution in [3.05, 3.63) is 60.2 Å². The summed E-state index contributed by atoms with van der Waals surface area (Å²) in [6.45, 7) is 9.27. The van der Waals surface area contributed by atoms with E-state index in [0.29, 0.717) is 6.04 Å². The number of hydrogen-bond donors (Lipinski definition) is 1. The summed E-state index contributed by atoms with van der Waals surface area (Å²) >= 11 is 0. The van der Waals surface area contributed by atoms with Crippen molar-refractivity contribution in [1.82, 2.24) is 5.32 Å². The summed E-state index contributed by atoms with van der Waals surface area (Å²) in [6, 6.07) is 15.6. The molecule has 0 saturated heterocycles. The predicted molar refractivity (Wildman–Crippen MR) is 84.4 cm³/mol. The lowest BCUT2D eigenvalue weighted by molar-refractivity contribution is 0.518. The molecule has 2 aromatic carbocycles. The smallest absolute Gasteiger partial charge is 0.0329 e. The molecule has 0 aliphatic carbocycles. The van der Waals surface area contributed by atoms with Gasteiger partial charge in [-0.3, -0.25) is 0 Å². The average molecular weight is 253 g/mol. The molecule has 0 bridgehead atoms. The molecule has 19 heavy (non-hydrogen) atoms. The van der Waals surface area contributed by atoms with Gasteiger partial charge in [0.25, 0.3) is 0 Å². The van der Waals surface area contributed by atoms with Crippen LogP contribution in [0.2, 0.25) is 0 Å². The molecule has 0 radical (unpaired) electrons. The van der Waals surface area contributed by atoms with Gasteiger partial charge in [0, 0.05) is 6.04 Å². The molecule has 1 nitrogen and oxygen atoms in total. The first-order valence-corrected chi connectivity index (χ1v) is 7.07. The SMILES string of the molecule is C=C(C)CCC(NCC)c1cccc2ccccc12. The molecule has 0 aliphatic rings. The molecule has 100 valence electrons. The molecule has 0 aliphatic heterocycles. The van der Waals surface area contributed by atoms with Crippen molar-refractivity contribution < 1.29 is 0 Å². The van der Waals surface area contributed by atoms with Gasteiger partial charge in [-0.25, -0.2) is 0 Å². The van der Waals surface area contributed by atoms with E-state index in [-0.39, 0.29) is 0 Å². The second-order valence-corrected chi connectivity index (χ2v) is 5.17. The van der Waals surface area contributed by atoms with Crippen LogP contribution < -0.4 is 5.32 Å². The third kappa shape index (κ3) is 3.45. The van der Waals surface area contributed by atoms with Crippen molar-refractivity contribution in [2.75, 3.05) is 6.54 Å². The zero-order chi connectivity index (χ0) is 13.7. The van der Waals surface area contributed by atoms with Crippen molar-refractivity contribution in [1.29, 1.82) is 0 Å². The third-order valence-electron chi connectivity index (χ3n) is 3.51. The van der Waals surface area contributed by atoms with Gasteiger partial charge in [0.1, 0.15) is 0 Å². The second-order valence-electron chi connectivity index (χ2n) is 5.17. The molecule has 0 fully saturated rings. The fourth-order valence-corrected chi connectivity index (χ4v) is 2.56. The molecule has 1 N–H and O–H groups in total. The van der Waals surface area contributed by atoms with Crippen LogP contribution in [0.15, 0.2) is 54.6 Å². The second kappa shape index (κ2) is 6.53. The Morgan fingerprint density at radius 3 is 2.63 bits per heavy atom. The van der Waals surface area contributed by atoms with Crippen LogP contribution in [0.4, 0.5) is 0 Å². The number of rotatable bonds is 6. The van der Waals surface area contributed by atoms with E-state index in [1.54, 1.807) is 0 Å². The van der Waals surface area contributed by atoms with Crippen LogP contribution >= 0.6 is 0 Å². The maximum absolute atomic E-state index is 4.02. The molecule has 1 heteroatoms. The summed E-state index contributed by atoms with van der Waals surface area (Å²) in [5, 5.41) is 6.28. The highest BCUT2D eigenvalue weighted by Crippen LogP contribution is 2.27. The van der Waals surface area contributed by atoms with Crippen LogP contribution in [0, 0.1) is 0 Å². The fourth-order valence-electron chi connectivity index (χ4n) is 2.56. The Labute approximate surface area is 116 Å². The van der Waals surface area contributed by atoms with Gasteiger partial charge in [-0.15, -0.1) is 6.58 Å². The molecule has 1 unspecified atom stereocenters. The van der Waals surface area contributed by atoms with E-state index in [4.69, 9.17) is 0 Å². The highest BCUT2D eigenvalue weighted by molar-refractivity contribution is 5.86. The van der Waals surface area contributed by atoms with Crippen LogP contribution in [-0.2, 0) is 0 Å². The monoisotopic (exact) mass is 253 g/mol. The van der Waals surface area contributed by atoms with Gasteiger partial charge in [0.15, 0.2) is 0 Å². The van der Waals surface area contributed by atoms with Crippen LogP contribution in [0.5, 0.6) is 0 Å². The zero-order valence-electron chi connectivity index (χ0n) is 11.9. The van der Waals surface area contributed by atoms with Crippen LogP contribution in [0.25, 0.3) is 10.8 Å². The Morgan fingerprint density at radius 2 is 1.89 bits per heavy atom. The minimum Gasteiger partial charge on any atom is -0.310 e. The summed E-state index contributed by atoms with van der Waals surface area (Å²) in [4.78, 5) is 0. The minimum absolute atomic E-state index is 0.410. The number of fused-ring (bicyclic) bond motifs is 1. The normalized spacial score (nSPS) is 12.5. The topological polar surface area (TPSA) is 12.0 Å². The largest absolute Gasteiger partial charge is 0.310 e. The Balaban J connectivity index is 2.35. The molecule has 2 aromatic rings. The summed E-state index contributed by atoms with van der Waals surface area (Å²) in [7, 11) is 0. The van der Waals surface area contributed by atoms with E-state index in [9.17, 15) is 0 Å². The lowest BCUT2D eigenvalue weighted by Gasteiger charge is -2.20. The minimum atomic E-state index is 0.410. The Morgan fingerprint density at radius 1 is 1.16 bits per heavy atom. The first-order valence-electron chi connectivity index (χ1n) is 7.07. The van der Waals surface area contributed by atoms with Crippen molar-refractivity contribution in [3.63, 3.8) is 0 Å². The fraction of sp³-hybridized carbons (Fsp3) is 0.333. The summed E-state index contributed by atoms with van der Waals surface area (Å²) in [5.74, 6) is 0. The van der Waals surface area contributed by atoms with Crippen molar-refractivity contribution in [2.45, 2.75) is 32.7 Å². The van der Waals surface area contributed by atoms with E-state index in [1.165, 1.54) is 21.9 Å². The van der Waals surface area contributed by atoms with Gasteiger partial charge in [-0.1, -0.05) is 55.0 Å². The summed E-state index contributed by atoms with van der Waals surface area (Å²) in [6.07, 6.45) is 2.18. The van der Waals surface area contributed by atoms with Crippen LogP contribution in [0.1, 0.15) is 38.3 Å². The maximum atomic E-state index is 4.02. The quantitative estimate of drug-likeness (QED) is 0.726. The van der Waals surface area contributed by atoms with Gasteiger partial charge in [-0.2, -0.15) is 0 Å². The molecule has 0 spiro atoms. The molecule has 0 saturated carbocycles. The Bertz CT molecular complexity index is 551. The highest BCUT2D eigenvalue weighted by Gasteiger charge is 2.12. The van der Waals surface area contributed by atoms with E-state index in [1.807, 2.05) is 0 Å². The predicted octanol–water partition coefficient (Wildman–Crippen LogP) is 4.85. The van der Waals surface area contributed by atoms with Gasteiger partial charge < -0.3 is 5.32 Å². The van der Waals surface area contributed by atoms with E-state index < -0.39 is 0 Å². The molecule has 0 amide bonds. The standard InChI is InChI=1S/C18H23N/c1-4-19-18(13-12-14(2)3)17-11-7-9-15-8-5-6-10-16(15)17/h5-11,18-19H,2,4,12-13H2,1,3H3. The lowest BCUT2D eigenvalue weighted by Crippen LogP contribution is -2.21. The molecule has 0 heterocycles. The third-order valence-corrected chi connectivity index (χ3v) is 3.51. The first kappa shape index (κ1) is 13.8. The molecule has 2 rings (SSSR count). The number of benzene rings is 2. The van der Waals surface area contributed by atoms with E-state index >= 15 is 0 Å². The molecular formula is C18H23N. The van der Waals surface area contributed by atoms with E-state index in [2.05, 4.69) is 68.2 Å². The van der Waals surface area contributed by atoms with Crippen LogP contribution in [0.3, 0.4) is 0 Å². The van der Waals surface area contributed by atoms with Crippen molar-refractivity contribution in [2.24, 2.45) is 0 Å². The summed E-state index contributed by atoms with van der Waals surface area (Å²) in [5.41, 5.74) is 2.66. The van der Waals surface area contributed by atoms with E-state index in [0.717, 1.165) is 19.4 Å². The zero-order valence-corrected chi connectivity index (χ0v) is 11.9. The van der Waals surface area contributed by atoms with Gasteiger partial charge >= 0.3 is 0 Å². The highest BCUT2D eigenvalue weighted by atomic mass is 14.9. The molecular weight excluding hydrogens is 230 g/mol.